The van der Waals surface area contributed by atoms with Gasteiger partial charge in [0.15, 0.2) is 5.78 Å². The predicted octanol–water partition coefficient (Wildman–Crippen LogP) is 5.59. The summed E-state index contributed by atoms with van der Waals surface area (Å²) in [7, 11) is 0. The van der Waals surface area contributed by atoms with E-state index in [0.717, 1.165) is 8.04 Å². The molecule has 0 aromatic heterocycles. The molecule has 0 aliphatic rings. The van der Waals surface area contributed by atoms with Crippen molar-refractivity contribution in [3.05, 3.63) is 65.6 Å². The number of halogens is 4. The second kappa shape index (κ2) is 5.90. The molecule has 0 aliphatic heterocycles. The summed E-state index contributed by atoms with van der Waals surface area (Å²) < 4.78 is 1.62. The van der Waals surface area contributed by atoms with Crippen molar-refractivity contribution in [2.24, 2.45) is 0 Å². The van der Waals surface area contributed by atoms with E-state index in [1.54, 1.807) is 36.4 Å². The maximum absolute atomic E-state index is 12.4. The van der Waals surface area contributed by atoms with Gasteiger partial charge in [-0.25, -0.2) is 0 Å². The van der Waals surface area contributed by atoms with E-state index >= 15 is 0 Å². The normalized spacial score (nSPS) is 10.4. The molecule has 1 nitrogen and oxygen atoms in total. The smallest absolute Gasteiger partial charge is 0.195 e. The number of carbonyl (C=O) groups is 1. The molecule has 0 fully saturated rings. The fourth-order valence-corrected chi connectivity index (χ4v) is 3.10. The van der Waals surface area contributed by atoms with Crippen LogP contribution in [0.25, 0.3) is 0 Å². The molecule has 2 aromatic rings. The Hall–Kier alpha value is -0.1000. The lowest BCUT2D eigenvalue weighted by Crippen LogP contribution is -2.05. The number of hydrogen-bond donors (Lipinski definition) is 0. The van der Waals surface area contributed by atoms with Crippen LogP contribution in [0.1, 0.15) is 15.9 Å². The van der Waals surface area contributed by atoms with Gasteiger partial charge < -0.3 is 0 Å². The van der Waals surface area contributed by atoms with Crippen molar-refractivity contribution in [2.75, 3.05) is 0 Å². The zero-order valence-corrected chi connectivity index (χ0v) is 14.1. The molecule has 0 saturated heterocycles. The Balaban J connectivity index is 2.57. The van der Waals surface area contributed by atoms with Gasteiger partial charge >= 0.3 is 0 Å². The molecule has 2 aromatic carbocycles. The maximum Gasteiger partial charge on any atom is 0.195 e. The summed E-state index contributed by atoms with van der Waals surface area (Å²) in [6.45, 7) is 0. The van der Waals surface area contributed by atoms with Gasteiger partial charge in [0.25, 0.3) is 0 Å². The molecular formula is C13H6BrCl2IO. The molecule has 0 bridgehead atoms. The quantitative estimate of drug-likeness (QED) is 0.328. The highest BCUT2D eigenvalue weighted by Gasteiger charge is 2.17. The zero-order valence-electron chi connectivity index (χ0n) is 8.88. The first-order chi connectivity index (χ1) is 8.50. The van der Waals surface area contributed by atoms with Crippen molar-refractivity contribution < 1.29 is 4.79 Å². The van der Waals surface area contributed by atoms with E-state index in [2.05, 4.69) is 38.5 Å². The van der Waals surface area contributed by atoms with E-state index in [1.807, 2.05) is 0 Å². The van der Waals surface area contributed by atoms with Crippen molar-refractivity contribution in [1.82, 2.24) is 0 Å². The molecule has 2 rings (SSSR count). The van der Waals surface area contributed by atoms with E-state index in [9.17, 15) is 4.79 Å². The Morgan fingerprint density at radius 1 is 1.11 bits per heavy atom. The minimum Gasteiger partial charge on any atom is -0.289 e. The topological polar surface area (TPSA) is 17.1 Å². The van der Waals surface area contributed by atoms with Crippen LogP contribution >= 0.6 is 61.7 Å². The standard InChI is InChI=1S/C13H6BrCl2IO/c14-10-6-7(15)5-9(12(10)17)13(18)8-3-1-2-4-11(8)16/h1-6H. The second-order valence-electron chi connectivity index (χ2n) is 3.56. The van der Waals surface area contributed by atoms with Gasteiger partial charge in [-0.1, -0.05) is 35.3 Å². The number of carbonyl (C=O) groups excluding carboxylic acids is 1. The molecule has 0 unspecified atom stereocenters. The van der Waals surface area contributed by atoms with Crippen LogP contribution in [0.5, 0.6) is 0 Å². The lowest BCUT2D eigenvalue weighted by molar-refractivity contribution is 0.103. The largest absolute Gasteiger partial charge is 0.289 e. The third kappa shape index (κ3) is 2.90. The summed E-state index contributed by atoms with van der Waals surface area (Å²) in [4.78, 5) is 12.4. The van der Waals surface area contributed by atoms with Crippen LogP contribution in [0.3, 0.4) is 0 Å². The molecule has 92 valence electrons. The SMILES string of the molecule is O=C(c1ccccc1Cl)c1cc(Cl)cc(Br)c1I. The van der Waals surface area contributed by atoms with Gasteiger partial charge in [-0.05, 0) is 62.8 Å². The number of ketones is 1. The number of hydrogen-bond acceptors (Lipinski definition) is 1. The summed E-state index contributed by atoms with van der Waals surface area (Å²) in [5.41, 5.74) is 1.02. The van der Waals surface area contributed by atoms with Crippen LogP contribution in [0.2, 0.25) is 10.0 Å². The Morgan fingerprint density at radius 2 is 1.78 bits per heavy atom. The van der Waals surface area contributed by atoms with Crippen molar-refractivity contribution in [3.8, 4) is 0 Å². The van der Waals surface area contributed by atoms with Crippen molar-refractivity contribution >= 4 is 67.5 Å². The summed E-state index contributed by atoms with van der Waals surface area (Å²) in [6, 6.07) is 10.4. The average Bonchev–Trinajstić information content (AvgIpc) is 2.33. The number of benzene rings is 2. The molecule has 0 heterocycles. The van der Waals surface area contributed by atoms with Gasteiger partial charge in [-0.3, -0.25) is 4.79 Å². The highest BCUT2D eigenvalue weighted by Crippen LogP contribution is 2.30. The van der Waals surface area contributed by atoms with E-state index in [1.165, 1.54) is 0 Å². The zero-order chi connectivity index (χ0) is 13.3. The predicted molar refractivity (Wildman–Crippen MR) is 86.8 cm³/mol. The van der Waals surface area contributed by atoms with Gasteiger partial charge in [0.1, 0.15) is 0 Å². The van der Waals surface area contributed by atoms with E-state index < -0.39 is 0 Å². The third-order valence-electron chi connectivity index (χ3n) is 2.36. The van der Waals surface area contributed by atoms with E-state index in [-0.39, 0.29) is 5.78 Å². The molecule has 0 radical (unpaired) electrons. The average molecular weight is 456 g/mol. The molecule has 0 amide bonds. The molecule has 0 N–H and O–H groups in total. The second-order valence-corrected chi connectivity index (χ2v) is 6.33. The summed E-state index contributed by atoms with van der Waals surface area (Å²) in [5, 5.41) is 0.951. The van der Waals surface area contributed by atoms with Crippen molar-refractivity contribution in [1.29, 1.82) is 0 Å². The van der Waals surface area contributed by atoms with Crippen LogP contribution < -0.4 is 0 Å². The molecule has 0 spiro atoms. The van der Waals surface area contributed by atoms with Gasteiger partial charge in [0.05, 0.1) is 5.02 Å². The van der Waals surface area contributed by atoms with Gasteiger partial charge in [-0.15, -0.1) is 0 Å². The molecule has 0 atom stereocenters. The van der Waals surface area contributed by atoms with Crippen LogP contribution in [0.15, 0.2) is 40.9 Å². The molecule has 0 aliphatic carbocycles. The third-order valence-corrected chi connectivity index (χ3v) is 5.43. The summed E-state index contributed by atoms with van der Waals surface area (Å²) in [5.74, 6) is -0.131. The van der Waals surface area contributed by atoms with E-state index in [0.29, 0.717) is 21.2 Å². The Bertz CT molecular complexity index is 628. The highest BCUT2D eigenvalue weighted by molar-refractivity contribution is 14.1. The minimum absolute atomic E-state index is 0.131. The lowest BCUT2D eigenvalue weighted by Gasteiger charge is -2.08. The van der Waals surface area contributed by atoms with Gasteiger partial charge in [0.2, 0.25) is 0 Å². The van der Waals surface area contributed by atoms with Crippen LogP contribution in [-0.2, 0) is 0 Å². The molecule has 0 saturated carbocycles. The van der Waals surface area contributed by atoms with E-state index in [4.69, 9.17) is 23.2 Å². The van der Waals surface area contributed by atoms with Crippen LogP contribution in [0, 0.1) is 3.57 Å². The first kappa shape index (κ1) is 14.3. The molecule has 5 heteroatoms. The van der Waals surface area contributed by atoms with Crippen molar-refractivity contribution in [3.63, 3.8) is 0 Å². The lowest BCUT2D eigenvalue weighted by atomic mass is 10.0. The van der Waals surface area contributed by atoms with Crippen LogP contribution in [0.4, 0.5) is 0 Å². The Morgan fingerprint density at radius 3 is 2.44 bits per heavy atom. The summed E-state index contributed by atoms with van der Waals surface area (Å²) in [6.07, 6.45) is 0. The monoisotopic (exact) mass is 454 g/mol. The Labute approximate surface area is 137 Å². The minimum atomic E-state index is -0.131. The van der Waals surface area contributed by atoms with Crippen molar-refractivity contribution in [2.45, 2.75) is 0 Å². The van der Waals surface area contributed by atoms with Gasteiger partial charge in [-0.2, -0.15) is 0 Å². The molecular weight excluding hydrogens is 450 g/mol. The first-order valence-electron chi connectivity index (χ1n) is 4.94. The maximum atomic E-state index is 12.4. The first-order valence-corrected chi connectivity index (χ1v) is 7.57. The Kier molecular flexibility index (Phi) is 4.69. The highest BCUT2D eigenvalue weighted by atomic mass is 127. The fraction of sp³-hybridized carbons (Fsp3) is 0. The van der Waals surface area contributed by atoms with Crippen LogP contribution in [-0.4, -0.2) is 5.78 Å². The van der Waals surface area contributed by atoms with Gasteiger partial charge in [0, 0.05) is 24.2 Å². The fourth-order valence-electron chi connectivity index (χ4n) is 1.51. The summed E-state index contributed by atoms with van der Waals surface area (Å²) >= 11 is 17.5. The number of rotatable bonds is 2. The molecule has 18 heavy (non-hydrogen) atoms.